The predicted octanol–water partition coefficient (Wildman–Crippen LogP) is 0.964. The number of carbonyl (C=O) groups is 2. The van der Waals surface area contributed by atoms with Crippen LogP contribution < -0.4 is 11.1 Å². The van der Waals surface area contributed by atoms with Gasteiger partial charge in [-0.3, -0.25) is 19.4 Å². The molecule has 2 heterocycles. The van der Waals surface area contributed by atoms with E-state index < -0.39 is 5.91 Å². The fourth-order valence-corrected chi connectivity index (χ4v) is 4.15. The van der Waals surface area contributed by atoms with Crippen LogP contribution in [0.15, 0.2) is 30.3 Å². The van der Waals surface area contributed by atoms with E-state index in [0.29, 0.717) is 6.04 Å². The molecule has 3 N–H and O–H groups in total. The Morgan fingerprint density at radius 2 is 1.81 bits per heavy atom. The number of nitrogens with one attached hydrogen (secondary N) is 1. The Morgan fingerprint density at radius 1 is 1.08 bits per heavy atom. The number of carbonyl (C=O) groups excluding carboxylic acids is 2. The van der Waals surface area contributed by atoms with Crippen LogP contribution >= 0.6 is 0 Å². The van der Waals surface area contributed by atoms with Gasteiger partial charge in [-0.2, -0.15) is 0 Å². The summed E-state index contributed by atoms with van der Waals surface area (Å²) >= 11 is 0. The highest BCUT2D eigenvalue weighted by molar-refractivity contribution is 5.85. The molecule has 2 fully saturated rings. The van der Waals surface area contributed by atoms with Crippen molar-refractivity contribution < 1.29 is 9.59 Å². The summed E-state index contributed by atoms with van der Waals surface area (Å²) in [5.74, 6) is -0.544. The van der Waals surface area contributed by atoms with Gasteiger partial charge in [-0.15, -0.1) is 0 Å². The van der Waals surface area contributed by atoms with Gasteiger partial charge in [-0.25, -0.2) is 0 Å². The molecule has 2 aliphatic rings. The molecule has 0 spiro atoms. The summed E-state index contributed by atoms with van der Waals surface area (Å²) in [4.78, 5) is 28.1. The summed E-state index contributed by atoms with van der Waals surface area (Å²) < 4.78 is 0. The second-order valence-corrected chi connectivity index (χ2v) is 7.51. The highest BCUT2D eigenvalue weighted by Gasteiger charge is 2.31. The monoisotopic (exact) mass is 358 g/mol. The summed E-state index contributed by atoms with van der Waals surface area (Å²) in [5, 5.41) is 2.66. The Hall–Kier alpha value is -1.92. The van der Waals surface area contributed by atoms with E-state index in [1.54, 1.807) is 0 Å². The zero-order chi connectivity index (χ0) is 18.4. The lowest BCUT2D eigenvalue weighted by Crippen LogP contribution is -2.51. The van der Waals surface area contributed by atoms with Gasteiger partial charge in [0.1, 0.15) is 0 Å². The molecule has 142 valence electrons. The van der Waals surface area contributed by atoms with Crippen LogP contribution in [0.2, 0.25) is 0 Å². The number of hydrogen-bond donors (Lipinski definition) is 2. The lowest BCUT2D eigenvalue weighted by atomic mass is 9.93. The van der Waals surface area contributed by atoms with Crippen molar-refractivity contribution >= 4 is 11.8 Å². The summed E-state index contributed by atoms with van der Waals surface area (Å²) in [6, 6.07) is 11.2. The van der Waals surface area contributed by atoms with Crippen molar-refractivity contribution in [1.82, 2.24) is 15.1 Å². The fraction of sp³-hybridized carbons (Fsp3) is 0.600. The van der Waals surface area contributed by atoms with Crippen LogP contribution in [0, 0.1) is 5.92 Å². The zero-order valence-electron chi connectivity index (χ0n) is 15.4. The molecule has 0 aliphatic carbocycles. The molecule has 2 amide bonds. The van der Waals surface area contributed by atoms with Gasteiger partial charge in [0, 0.05) is 19.1 Å². The number of primary amides is 1. The minimum atomic E-state index is -0.489. The van der Waals surface area contributed by atoms with Crippen molar-refractivity contribution in [1.29, 1.82) is 0 Å². The average Bonchev–Trinajstić information content (AvgIpc) is 2.67. The molecule has 1 aromatic carbocycles. The number of likely N-dealkylation sites (tertiary alicyclic amines) is 2. The normalized spacial score (nSPS) is 22.8. The highest BCUT2D eigenvalue weighted by Crippen LogP contribution is 2.24. The maximum atomic E-state index is 12.2. The topological polar surface area (TPSA) is 78.7 Å². The lowest BCUT2D eigenvalue weighted by molar-refractivity contribution is -0.129. The van der Waals surface area contributed by atoms with Crippen LogP contribution in [-0.2, 0) is 16.1 Å². The molecular weight excluding hydrogens is 328 g/mol. The first-order valence-corrected chi connectivity index (χ1v) is 9.68. The Balaban J connectivity index is 1.45. The molecule has 6 nitrogen and oxygen atoms in total. The minimum absolute atomic E-state index is 0.0227. The third kappa shape index (κ3) is 5.29. The van der Waals surface area contributed by atoms with E-state index in [4.69, 9.17) is 5.73 Å². The number of nitrogens with two attached hydrogens (primary N) is 1. The van der Waals surface area contributed by atoms with E-state index in [1.165, 1.54) is 5.56 Å². The van der Waals surface area contributed by atoms with Gasteiger partial charge in [-0.05, 0) is 50.9 Å². The van der Waals surface area contributed by atoms with Crippen molar-refractivity contribution in [2.24, 2.45) is 11.7 Å². The second kappa shape index (κ2) is 9.14. The van der Waals surface area contributed by atoms with Gasteiger partial charge in [0.05, 0.1) is 12.5 Å². The number of amides is 2. The maximum absolute atomic E-state index is 12.2. The number of hydrogen-bond acceptors (Lipinski definition) is 4. The van der Waals surface area contributed by atoms with Crippen molar-refractivity contribution in [3.63, 3.8) is 0 Å². The first-order valence-electron chi connectivity index (χ1n) is 9.68. The first kappa shape index (κ1) is 18.9. The molecule has 0 radical (unpaired) electrons. The number of piperidine rings is 2. The third-order valence-corrected chi connectivity index (χ3v) is 5.58. The fourth-order valence-electron chi connectivity index (χ4n) is 4.15. The van der Waals surface area contributed by atoms with Crippen molar-refractivity contribution in [3.05, 3.63) is 35.9 Å². The molecule has 2 aliphatic heterocycles. The molecule has 6 heteroatoms. The molecule has 3 rings (SSSR count). The van der Waals surface area contributed by atoms with E-state index in [2.05, 4.69) is 45.4 Å². The summed E-state index contributed by atoms with van der Waals surface area (Å²) in [5.41, 5.74) is 6.48. The van der Waals surface area contributed by atoms with Crippen molar-refractivity contribution in [2.45, 2.75) is 38.3 Å². The highest BCUT2D eigenvalue weighted by atomic mass is 16.2. The van der Waals surface area contributed by atoms with Gasteiger partial charge >= 0.3 is 0 Å². The van der Waals surface area contributed by atoms with Gasteiger partial charge in [-0.1, -0.05) is 30.3 Å². The number of rotatable bonds is 6. The molecule has 0 saturated carbocycles. The SMILES string of the molecule is NC(=O)CNC(=O)C1CCCN(C2CCN(Cc3ccccc3)CC2)C1. The van der Waals surface area contributed by atoms with Crippen molar-refractivity contribution in [3.8, 4) is 0 Å². The summed E-state index contributed by atoms with van der Waals surface area (Å²) in [7, 11) is 0. The van der Waals surface area contributed by atoms with Gasteiger partial charge in [0.15, 0.2) is 0 Å². The molecule has 1 aromatic rings. The van der Waals surface area contributed by atoms with Crippen LogP contribution in [-0.4, -0.2) is 60.4 Å². The first-order chi connectivity index (χ1) is 12.6. The largest absolute Gasteiger partial charge is 0.368 e. The minimum Gasteiger partial charge on any atom is -0.368 e. The quantitative estimate of drug-likeness (QED) is 0.794. The van der Waals surface area contributed by atoms with E-state index >= 15 is 0 Å². The molecular formula is C20H30N4O2. The van der Waals surface area contributed by atoms with Gasteiger partial charge in [0.25, 0.3) is 0 Å². The zero-order valence-corrected chi connectivity index (χ0v) is 15.4. The molecule has 1 unspecified atom stereocenters. The Bertz CT molecular complexity index is 599. The van der Waals surface area contributed by atoms with Crippen LogP contribution in [0.3, 0.4) is 0 Å². The van der Waals surface area contributed by atoms with E-state index in [9.17, 15) is 9.59 Å². The maximum Gasteiger partial charge on any atom is 0.236 e. The van der Waals surface area contributed by atoms with Crippen LogP contribution in [0.1, 0.15) is 31.2 Å². The summed E-state index contributed by atoms with van der Waals surface area (Å²) in [6.45, 7) is 5.04. The summed E-state index contributed by atoms with van der Waals surface area (Å²) in [6.07, 6.45) is 4.25. The molecule has 26 heavy (non-hydrogen) atoms. The van der Waals surface area contributed by atoms with Gasteiger partial charge < -0.3 is 11.1 Å². The van der Waals surface area contributed by atoms with E-state index in [1.807, 2.05) is 0 Å². The molecule has 0 bridgehead atoms. The van der Waals surface area contributed by atoms with Gasteiger partial charge in [0.2, 0.25) is 11.8 Å². The third-order valence-electron chi connectivity index (χ3n) is 5.58. The van der Waals surface area contributed by atoms with Crippen molar-refractivity contribution in [2.75, 3.05) is 32.7 Å². The Labute approximate surface area is 155 Å². The molecule has 1 atom stereocenters. The van der Waals surface area contributed by atoms with Crippen LogP contribution in [0.25, 0.3) is 0 Å². The second-order valence-electron chi connectivity index (χ2n) is 7.51. The standard InChI is InChI=1S/C20H30N4O2/c21-19(25)13-22-20(26)17-7-4-10-24(15-17)18-8-11-23(12-9-18)14-16-5-2-1-3-6-16/h1-3,5-6,17-18H,4,7-15H2,(H2,21,25)(H,22,26). The Morgan fingerprint density at radius 3 is 2.50 bits per heavy atom. The predicted molar refractivity (Wildman–Crippen MR) is 101 cm³/mol. The van der Waals surface area contributed by atoms with E-state index in [-0.39, 0.29) is 18.4 Å². The number of nitrogens with zero attached hydrogens (tertiary/aromatic N) is 2. The smallest absolute Gasteiger partial charge is 0.236 e. The molecule has 2 saturated heterocycles. The molecule has 0 aromatic heterocycles. The lowest BCUT2D eigenvalue weighted by Gasteiger charge is -2.42. The van der Waals surface area contributed by atoms with Crippen LogP contribution in [0.5, 0.6) is 0 Å². The Kier molecular flexibility index (Phi) is 6.63. The van der Waals surface area contributed by atoms with Crippen LogP contribution in [0.4, 0.5) is 0 Å². The average molecular weight is 358 g/mol. The number of benzene rings is 1. The van der Waals surface area contributed by atoms with E-state index in [0.717, 1.165) is 58.4 Å².